The van der Waals surface area contributed by atoms with Crippen molar-refractivity contribution < 1.29 is 22.8 Å². The summed E-state index contributed by atoms with van der Waals surface area (Å²) in [5.41, 5.74) is -0.612. The van der Waals surface area contributed by atoms with Crippen molar-refractivity contribution in [1.82, 2.24) is 0 Å². The Hall–Kier alpha value is -1.65. The molecule has 1 fully saturated rings. The van der Waals surface area contributed by atoms with E-state index in [4.69, 9.17) is 14.6 Å². The van der Waals surface area contributed by atoms with Crippen molar-refractivity contribution in [2.75, 3.05) is 0 Å². The summed E-state index contributed by atoms with van der Waals surface area (Å²) in [7, 11) is -0.864. The SMILES string of the molecule is CC1(C)OB(c2cc(C#N)ccc2OC(F)F)OC1(C)C. The minimum atomic E-state index is -2.96. The zero-order valence-corrected chi connectivity index (χ0v) is 12.3. The van der Waals surface area contributed by atoms with Crippen molar-refractivity contribution in [3.05, 3.63) is 23.8 Å². The molecule has 2 rings (SSSR count). The maximum Gasteiger partial charge on any atom is 0.498 e. The van der Waals surface area contributed by atoms with Gasteiger partial charge in [-0.05, 0) is 45.9 Å². The molecule has 0 atom stereocenters. The van der Waals surface area contributed by atoms with Crippen LogP contribution in [0.15, 0.2) is 18.2 Å². The average Bonchev–Trinajstić information content (AvgIpc) is 2.58. The van der Waals surface area contributed by atoms with Crippen LogP contribution in [0.5, 0.6) is 5.75 Å². The molecule has 21 heavy (non-hydrogen) atoms. The maximum atomic E-state index is 12.5. The quantitative estimate of drug-likeness (QED) is 0.804. The van der Waals surface area contributed by atoms with E-state index < -0.39 is 24.9 Å². The predicted octanol–water partition coefficient (Wildman–Crippen LogP) is 2.46. The first-order chi connectivity index (χ1) is 9.66. The third-order valence-electron chi connectivity index (χ3n) is 3.86. The normalized spacial score (nSPS) is 19.6. The van der Waals surface area contributed by atoms with Gasteiger partial charge in [0.15, 0.2) is 0 Å². The molecule has 0 N–H and O–H groups in total. The van der Waals surface area contributed by atoms with Crippen LogP contribution in [0.3, 0.4) is 0 Å². The number of nitriles is 1. The second-order valence-corrected chi connectivity index (χ2v) is 5.83. The highest BCUT2D eigenvalue weighted by Crippen LogP contribution is 2.37. The minimum absolute atomic E-state index is 0.0532. The Morgan fingerprint density at radius 1 is 1.19 bits per heavy atom. The topological polar surface area (TPSA) is 51.5 Å². The summed E-state index contributed by atoms with van der Waals surface area (Å²) >= 11 is 0. The fraction of sp³-hybridized carbons (Fsp3) is 0.500. The Morgan fingerprint density at radius 2 is 1.76 bits per heavy atom. The molecule has 1 aliphatic heterocycles. The van der Waals surface area contributed by atoms with Crippen LogP contribution in [-0.4, -0.2) is 24.9 Å². The average molecular weight is 295 g/mol. The van der Waals surface area contributed by atoms with Crippen molar-refractivity contribution in [3.8, 4) is 11.8 Å². The van der Waals surface area contributed by atoms with Crippen LogP contribution in [0.1, 0.15) is 33.3 Å². The van der Waals surface area contributed by atoms with E-state index in [2.05, 4.69) is 4.74 Å². The van der Waals surface area contributed by atoms with Gasteiger partial charge in [-0.3, -0.25) is 0 Å². The predicted molar refractivity (Wildman–Crippen MR) is 73.5 cm³/mol. The lowest BCUT2D eigenvalue weighted by molar-refractivity contribution is -0.0492. The zero-order chi connectivity index (χ0) is 15.8. The molecule has 4 nitrogen and oxygen atoms in total. The Morgan fingerprint density at radius 3 is 2.24 bits per heavy atom. The van der Waals surface area contributed by atoms with Gasteiger partial charge in [-0.1, -0.05) is 0 Å². The Bertz CT molecular complexity index is 568. The van der Waals surface area contributed by atoms with Gasteiger partial charge in [0.2, 0.25) is 0 Å². The summed E-state index contributed by atoms with van der Waals surface area (Å²) in [5.74, 6) is -0.0532. The number of hydrogen-bond acceptors (Lipinski definition) is 4. The highest BCUT2D eigenvalue weighted by Gasteiger charge is 2.52. The van der Waals surface area contributed by atoms with Crippen molar-refractivity contribution in [2.45, 2.75) is 45.5 Å². The summed E-state index contributed by atoms with van der Waals surface area (Å²) in [6.45, 7) is 4.46. The Kier molecular flexibility index (Phi) is 3.96. The maximum absolute atomic E-state index is 12.5. The largest absolute Gasteiger partial charge is 0.498 e. The molecule has 0 unspecified atom stereocenters. The van der Waals surface area contributed by atoms with Crippen LogP contribution in [0.2, 0.25) is 0 Å². The van der Waals surface area contributed by atoms with Crippen LogP contribution >= 0.6 is 0 Å². The Balaban J connectivity index is 2.41. The van der Waals surface area contributed by atoms with Gasteiger partial charge in [0.25, 0.3) is 0 Å². The molecular formula is C14H16BF2NO3. The summed E-state index contributed by atoms with van der Waals surface area (Å²) in [5, 5.41) is 8.96. The number of rotatable bonds is 3. The lowest BCUT2D eigenvalue weighted by Gasteiger charge is -2.32. The first-order valence-electron chi connectivity index (χ1n) is 6.51. The van der Waals surface area contributed by atoms with Crippen molar-refractivity contribution in [3.63, 3.8) is 0 Å². The summed E-state index contributed by atoms with van der Waals surface area (Å²) in [6, 6.07) is 6.14. The number of nitrogens with zero attached hydrogens (tertiary/aromatic N) is 1. The molecule has 7 heteroatoms. The number of hydrogen-bond donors (Lipinski definition) is 0. The summed E-state index contributed by atoms with van der Waals surface area (Å²) in [6.07, 6.45) is 0. The minimum Gasteiger partial charge on any atom is -0.435 e. The second-order valence-electron chi connectivity index (χ2n) is 5.83. The molecule has 112 valence electrons. The van der Waals surface area contributed by atoms with Crippen LogP contribution < -0.4 is 10.2 Å². The van der Waals surface area contributed by atoms with E-state index in [0.29, 0.717) is 5.56 Å². The third-order valence-corrected chi connectivity index (χ3v) is 3.86. The fourth-order valence-corrected chi connectivity index (χ4v) is 1.98. The van der Waals surface area contributed by atoms with Gasteiger partial charge in [0.05, 0.1) is 22.8 Å². The smallest absolute Gasteiger partial charge is 0.435 e. The Labute approximate surface area is 122 Å². The van der Waals surface area contributed by atoms with Gasteiger partial charge in [0, 0.05) is 5.46 Å². The number of alkyl halides is 2. The molecule has 0 amide bonds. The van der Waals surface area contributed by atoms with Gasteiger partial charge in [-0.15, -0.1) is 0 Å². The first kappa shape index (κ1) is 15.7. The van der Waals surface area contributed by atoms with E-state index in [0.717, 1.165) is 0 Å². The van der Waals surface area contributed by atoms with Crippen LogP contribution in [-0.2, 0) is 9.31 Å². The standard InChI is InChI=1S/C14H16BF2NO3/c1-13(2)14(3,4)21-15(20-13)10-7-9(8-18)5-6-11(10)19-12(16)17/h5-7,12H,1-4H3. The van der Waals surface area contributed by atoms with Gasteiger partial charge in [0.1, 0.15) is 5.75 Å². The molecule has 0 aromatic heterocycles. The molecular weight excluding hydrogens is 279 g/mol. The van der Waals surface area contributed by atoms with E-state index >= 15 is 0 Å². The highest BCUT2D eigenvalue weighted by atomic mass is 19.3. The molecule has 0 spiro atoms. The molecule has 0 aliphatic carbocycles. The van der Waals surface area contributed by atoms with Crippen LogP contribution in [0.25, 0.3) is 0 Å². The van der Waals surface area contributed by atoms with E-state index in [1.165, 1.54) is 18.2 Å². The van der Waals surface area contributed by atoms with Gasteiger partial charge >= 0.3 is 13.7 Å². The van der Waals surface area contributed by atoms with Crippen molar-refractivity contribution in [2.24, 2.45) is 0 Å². The van der Waals surface area contributed by atoms with E-state index in [1.54, 1.807) is 0 Å². The zero-order valence-electron chi connectivity index (χ0n) is 12.3. The summed E-state index contributed by atoms with van der Waals surface area (Å²) < 4.78 is 41.1. The fourth-order valence-electron chi connectivity index (χ4n) is 1.98. The monoisotopic (exact) mass is 295 g/mol. The number of ether oxygens (including phenoxy) is 1. The third kappa shape index (κ3) is 3.01. The lowest BCUT2D eigenvalue weighted by atomic mass is 9.77. The van der Waals surface area contributed by atoms with E-state index in [-0.39, 0.29) is 11.2 Å². The molecule has 1 aromatic carbocycles. The van der Waals surface area contributed by atoms with Crippen LogP contribution in [0.4, 0.5) is 8.78 Å². The van der Waals surface area contributed by atoms with Gasteiger partial charge in [-0.2, -0.15) is 14.0 Å². The lowest BCUT2D eigenvalue weighted by Crippen LogP contribution is -2.41. The molecule has 0 saturated carbocycles. The molecule has 1 heterocycles. The van der Waals surface area contributed by atoms with Gasteiger partial charge in [-0.25, -0.2) is 0 Å². The van der Waals surface area contributed by atoms with Crippen molar-refractivity contribution in [1.29, 1.82) is 5.26 Å². The molecule has 1 aliphatic rings. The summed E-state index contributed by atoms with van der Waals surface area (Å²) in [4.78, 5) is 0. The highest BCUT2D eigenvalue weighted by molar-refractivity contribution is 6.63. The number of benzene rings is 1. The molecule has 1 saturated heterocycles. The molecule has 1 aromatic rings. The van der Waals surface area contributed by atoms with Crippen molar-refractivity contribution >= 4 is 12.6 Å². The number of halogens is 2. The molecule has 0 bridgehead atoms. The van der Waals surface area contributed by atoms with E-state index in [9.17, 15) is 8.78 Å². The first-order valence-corrected chi connectivity index (χ1v) is 6.51. The van der Waals surface area contributed by atoms with E-state index in [1.807, 2.05) is 33.8 Å². The van der Waals surface area contributed by atoms with Gasteiger partial charge < -0.3 is 14.0 Å². The van der Waals surface area contributed by atoms with Crippen LogP contribution in [0, 0.1) is 11.3 Å². The molecule has 0 radical (unpaired) electrons. The second kappa shape index (κ2) is 5.28.